The number of rotatable bonds is 12. The number of hydrogen-bond donors (Lipinski definition) is 0. The summed E-state index contributed by atoms with van der Waals surface area (Å²) in [5, 5.41) is 1.16. The van der Waals surface area contributed by atoms with Gasteiger partial charge < -0.3 is 9.47 Å². The van der Waals surface area contributed by atoms with Gasteiger partial charge in [0.1, 0.15) is 0 Å². The molecule has 0 radical (unpaired) electrons. The predicted molar refractivity (Wildman–Crippen MR) is 84.9 cm³/mol. The molecule has 0 aromatic rings. The Morgan fingerprint density at radius 2 is 1.47 bits per heavy atom. The molecule has 0 aromatic carbocycles. The van der Waals surface area contributed by atoms with Gasteiger partial charge in [-0.15, -0.1) is 0 Å². The summed E-state index contributed by atoms with van der Waals surface area (Å²) in [5.74, 6) is 0. The summed E-state index contributed by atoms with van der Waals surface area (Å²) in [6, 6.07) is 0. The van der Waals surface area contributed by atoms with E-state index in [1.54, 1.807) is 0 Å². The second-order valence-corrected chi connectivity index (χ2v) is 6.33. The quantitative estimate of drug-likeness (QED) is 0.349. The number of alkyl halides is 1. The molecule has 3 heteroatoms. The molecule has 1 saturated heterocycles. The van der Waals surface area contributed by atoms with Crippen molar-refractivity contribution in [3.8, 4) is 0 Å². The zero-order valence-electron chi connectivity index (χ0n) is 12.4. The van der Waals surface area contributed by atoms with Gasteiger partial charge in [0.2, 0.25) is 0 Å². The molecule has 2 nitrogen and oxygen atoms in total. The van der Waals surface area contributed by atoms with E-state index in [4.69, 9.17) is 9.47 Å². The number of unbranched alkanes of at least 4 members (excludes halogenated alkanes) is 8. The molecule has 0 aromatic heterocycles. The van der Waals surface area contributed by atoms with E-state index in [1.165, 1.54) is 70.6 Å². The average molecular weight is 335 g/mol. The molecular weight excluding hydrogens is 304 g/mol. The largest absolute Gasteiger partial charge is 0.353 e. The van der Waals surface area contributed by atoms with E-state index in [-0.39, 0.29) is 6.29 Å². The van der Waals surface area contributed by atoms with E-state index in [9.17, 15) is 0 Å². The van der Waals surface area contributed by atoms with Crippen LogP contribution in [0.2, 0.25) is 0 Å². The normalized spacial score (nSPS) is 19.7. The first-order valence-electron chi connectivity index (χ1n) is 8.22. The Morgan fingerprint density at radius 1 is 0.842 bits per heavy atom. The lowest BCUT2D eigenvalue weighted by Crippen LogP contribution is -2.22. The highest BCUT2D eigenvalue weighted by molar-refractivity contribution is 9.09. The van der Waals surface area contributed by atoms with Gasteiger partial charge in [-0.1, -0.05) is 60.9 Å². The molecule has 1 aliphatic heterocycles. The van der Waals surface area contributed by atoms with Crippen molar-refractivity contribution in [1.82, 2.24) is 0 Å². The number of halogens is 1. The summed E-state index contributed by atoms with van der Waals surface area (Å²) < 4.78 is 11.3. The lowest BCUT2D eigenvalue weighted by Gasteiger charge is -2.22. The molecule has 0 N–H and O–H groups in total. The van der Waals surface area contributed by atoms with E-state index >= 15 is 0 Å². The van der Waals surface area contributed by atoms with Crippen molar-refractivity contribution in [2.24, 2.45) is 0 Å². The first kappa shape index (κ1) is 17.5. The fourth-order valence-electron chi connectivity index (χ4n) is 2.49. The molecule has 114 valence electrons. The maximum atomic E-state index is 5.73. The van der Waals surface area contributed by atoms with Crippen molar-refractivity contribution in [3.05, 3.63) is 0 Å². The zero-order chi connectivity index (χ0) is 13.6. The lowest BCUT2D eigenvalue weighted by atomic mass is 10.1. The van der Waals surface area contributed by atoms with Gasteiger partial charge in [-0.25, -0.2) is 0 Å². The van der Waals surface area contributed by atoms with Gasteiger partial charge in [0, 0.05) is 18.5 Å². The Morgan fingerprint density at radius 3 is 2.05 bits per heavy atom. The van der Waals surface area contributed by atoms with E-state index in [0.29, 0.717) is 0 Å². The van der Waals surface area contributed by atoms with E-state index in [0.717, 1.165) is 25.0 Å². The first-order valence-corrected chi connectivity index (χ1v) is 9.35. The van der Waals surface area contributed by atoms with Gasteiger partial charge in [0.25, 0.3) is 0 Å². The van der Waals surface area contributed by atoms with Crippen molar-refractivity contribution in [2.45, 2.75) is 83.3 Å². The van der Waals surface area contributed by atoms with Crippen molar-refractivity contribution < 1.29 is 9.47 Å². The minimum atomic E-state index is 0.100. The van der Waals surface area contributed by atoms with Crippen LogP contribution in [0.25, 0.3) is 0 Å². The molecule has 0 bridgehead atoms. The third kappa shape index (κ3) is 10.8. The predicted octanol–water partition coefficient (Wildman–Crippen LogP) is 5.44. The molecule has 1 fully saturated rings. The van der Waals surface area contributed by atoms with Gasteiger partial charge in [0.05, 0.1) is 0 Å². The molecule has 0 aliphatic carbocycles. The fraction of sp³-hybridized carbons (Fsp3) is 1.00. The Kier molecular flexibility index (Phi) is 12.3. The highest BCUT2D eigenvalue weighted by Gasteiger charge is 2.13. The van der Waals surface area contributed by atoms with Gasteiger partial charge in [-0.05, 0) is 32.1 Å². The van der Waals surface area contributed by atoms with Crippen LogP contribution in [0, 0.1) is 0 Å². The molecular formula is C16H31BrO2. The molecule has 19 heavy (non-hydrogen) atoms. The Balaban J connectivity index is 1.71. The molecule has 1 rings (SSSR count). The smallest absolute Gasteiger partial charge is 0.157 e. The Bertz CT molecular complexity index is 182. The molecule has 1 heterocycles. The fourth-order valence-corrected chi connectivity index (χ4v) is 2.89. The van der Waals surface area contributed by atoms with E-state index < -0.39 is 0 Å². The number of hydrogen-bond acceptors (Lipinski definition) is 2. The summed E-state index contributed by atoms with van der Waals surface area (Å²) in [4.78, 5) is 0. The lowest BCUT2D eigenvalue weighted by molar-refractivity contribution is -0.162. The summed E-state index contributed by atoms with van der Waals surface area (Å²) in [6.07, 6.45) is 15.9. The Labute approximate surface area is 127 Å². The third-order valence-electron chi connectivity index (χ3n) is 3.72. The maximum Gasteiger partial charge on any atom is 0.157 e. The Hall–Kier alpha value is 0.400. The van der Waals surface area contributed by atoms with E-state index in [2.05, 4.69) is 15.9 Å². The molecule has 0 amide bonds. The SMILES string of the molecule is BrCCCCCCCCCCCOC1CCCCO1. The molecule has 0 spiro atoms. The maximum absolute atomic E-state index is 5.73. The zero-order valence-corrected chi connectivity index (χ0v) is 14.0. The second kappa shape index (κ2) is 13.4. The van der Waals surface area contributed by atoms with Crippen molar-refractivity contribution >= 4 is 15.9 Å². The van der Waals surface area contributed by atoms with Crippen LogP contribution < -0.4 is 0 Å². The van der Waals surface area contributed by atoms with Crippen molar-refractivity contribution in [2.75, 3.05) is 18.5 Å². The summed E-state index contributed by atoms with van der Waals surface area (Å²) in [7, 11) is 0. The van der Waals surface area contributed by atoms with Crippen LogP contribution in [-0.4, -0.2) is 24.8 Å². The summed E-state index contributed by atoms with van der Waals surface area (Å²) in [6.45, 7) is 1.77. The third-order valence-corrected chi connectivity index (χ3v) is 4.28. The van der Waals surface area contributed by atoms with Crippen molar-refractivity contribution in [3.63, 3.8) is 0 Å². The van der Waals surface area contributed by atoms with Crippen LogP contribution >= 0.6 is 15.9 Å². The highest BCUT2D eigenvalue weighted by Crippen LogP contribution is 2.15. The minimum absolute atomic E-state index is 0.100. The highest BCUT2D eigenvalue weighted by atomic mass is 79.9. The van der Waals surface area contributed by atoms with Crippen molar-refractivity contribution in [1.29, 1.82) is 0 Å². The van der Waals surface area contributed by atoms with Crippen LogP contribution in [0.4, 0.5) is 0 Å². The summed E-state index contributed by atoms with van der Waals surface area (Å²) in [5.41, 5.74) is 0. The number of ether oxygens (including phenoxy) is 2. The monoisotopic (exact) mass is 334 g/mol. The van der Waals surface area contributed by atoms with Gasteiger partial charge in [-0.3, -0.25) is 0 Å². The van der Waals surface area contributed by atoms with E-state index in [1.807, 2.05) is 0 Å². The van der Waals surface area contributed by atoms with Crippen LogP contribution in [0.15, 0.2) is 0 Å². The van der Waals surface area contributed by atoms with Crippen LogP contribution in [0.5, 0.6) is 0 Å². The average Bonchev–Trinajstić information content (AvgIpc) is 2.46. The van der Waals surface area contributed by atoms with Crippen LogP contribution in [0.3, 0.4) is 0 Å². The van der Waals surface area contributed by atoms with Crippen LogP contribution in [0.1, 0.15) is 77.0 Å². The minimum Gasteiger partial charge on any atom is -0.353 e. The molecule has 1 atom stereocenters. The van der Waals surface area contributed by atoms with Gasteiger partial charge >= 0.3 is 0 Å². The first-order chi connectivity index (χ1) is 9.43. The molecule has 1 aliphatic rings. The molecule has 1 unspecified atom stereocenters. The molecule has 0 saturated carbocycles. The topological polar surface area (TPSA) is 18.5 Å². The van der Waals surface area contributed by atoms with Crippen LogP contribution in [-0.2, 0) is 9.47 Å². The second-order valence-electron chi connectivity index (χ2n) is 5.54. The standard InChI is InChI=1S/C16H31BrO2/c17-13-9-6-4-2-1-3-5-7-10-14-18-16-12-8-11-15-19-16/h16H,1-15H2. The van der Waals surface area contributed by atoms with Gasteiger partial charge in [0.15, 0.2) is 6.29 Å². The van der Waals surface area contributed by atoms with Gasteiger partial charge in [-0.2, -0.15) is 0 Å². The summed E-state index contributed by atoms with van der Waals surface area (Å²) >= 11 is 3.48.